The molecule has 0 aliphatic carbocycles. The second-order valence-corrected chi connectivity index (χ2v) is 6.98. The first-order chi connectivity index (χ1) is 16.6. The van der Waals surface area contributed by atoms with Crippen LogP contribution in [0.2, 0.25) is 0 Å². The fourth-order valence-electron chi connectivity index (χ4n) is 3.00. The number of rotatable bonds is 6. The molecule has 0 aliphatic rings. The Morgan fingerprint density at radius 3 is 2.24 bits per heavy atom. The Hall–Kier alpha value is -5.39. The van der Waals surface area contributed by atoms with Gasteiger partial charge >= 0.3 is 0 Å². The Balaban J connectivity index is 1.39. The molecule has 10 heteroatoms. The first kappa shape index (κ1) is 21.8. The van der Waals surface area contributed by atoms with Crippen molar-refractivity contribution in [1.29, 1.82) is 0 Å². The highest BCUT2D eigenvalue weighted by atomic mass is 16.2. The van der Waals surface area contributed by atoms with Crippen LogP contribution in [0.5, 0.6) is 0 Å². The molecule has 0 saturated heterocycles. The van der Waals surface area contributed by atoms with E-state index in [1.54, 1.807) is 79.0 Å². The summed E-state index contributed by atoms with van der Waals surface area (Å²) in [6.45, 7) is 0. The number of hydrogen-bond donors (Lipinski definition) is 2. The van der Waals surface area contributed by atoms with Crippen LogP contribution < -0.4 is 10.7 Å². The summed E-state index contributed by atoms with van der Waals surface area (Å²) in [5, 5.41) is 14.2. The predicted molar refractivity (Wildman–Crippen MR) is 127 cm³/mol. The smallest absolute Gasteiger partial charge is 0.271 e. The van der Waals surface area contributed by atoms with E-state index in [1.807, 2.05) is 0 Å². The Morgan fingerprint density at radius 2 is 1.59 bits per heavy atom. The summed E-state index contributed by atoms with van der Waals surface area (Å²) < 4.78 is 0. The summed E-state index contributed by atoms with van der Waals surface area (Å²) in [4.78, 5) is 28.8. The zero-order valence-electron chi connectivity index (χ0n) is 17.6. The van der Waals surface area contributed by atoms with Crippen molar-refractivity contribution < 1.29 is 9.59 Å². The van der Waals surface area contributed by atoms with Gasteiger partial charge in [-0.25, -0.2) is 5.43 Å². The van der Waals surface area contributed by atoms with Crippen LogP contribution in [0.4, 0.5) is 11.4 Å². The molecule has 0 unspecified atom stereocenters. The van der Waals surface area contributed by atoms with Crippen LogP contribution in [0.3, 0.4) is 0 Å². The SMILES string of the molecule is C#Cc1ccc(C(=O)Nn2cc(-c3ccc(C(=O)Nc4ccc(N=[N+]=[N-])cc4)cc3)nn2)cc1. The van der Waals surface area contributed by atoms with Gasteiger partial charge in [0.25, 0.3) is 11.8 Å². The lowest BCUT2D eigenvalue weighted by atomic mass is 10.1. The minimum Gasteiger partial charge on any atom is -0.322 e. The standard InChI is InChI=1S/C24H16N8O2/c1-2-16-3-5-19(6-4-16)24(34)29-32-15-22(28-31-32)17-7-9-18(10-8-17)23(33)26-20-11-13-21(14-12-20)27-30-25/h1,3-15H,(H,26,33)(H,29,34). The van der Waals surface area contributed by atoms with Crippen LogP contribution in [0.25, 0.3) is 21.7 Å². The number of nitrogens with zero attached hydrogens (tertiary/aromatic N) is 6. The molecule has 0 fully saturated rings. The highest BCUT2D eigenvalue weighted by molar-refractivity contribution is 6.04. The lowest BCUT2D eigenvalue weighted by Crippen LogP contribution is -2.23. The first-order valence-corrected chi connectivity index (χ1v) is 9.93. The van der Waals surface area contributed by atoms with Gasteiger partial charge in [0.2, 0.25) is 0 Å². The predicted octanol–water partition coefficient (Wildman–Crippen LogP) is 4.50. The lowest BCUT2D eigenvalue weighted by Gasteiger charge is -2.06. The van der Waals surface area contributed by atoms with E-state index in [1.165, 1.54) is 4.79 Å². The zero-order valence-corrected chi connectivity index (χ0v) is 17.6. The van der Waals surface area contributed by atoms with E-state index in [-0.39, 0.29) is 11.8 Å². The van der Waals surface area contributed by atoms with Crippen LogP contribution in [-0.2, 0) is 0 Å². The van der Waals surface area contributed by atoms with Crippen molar-refractivity contribution >= 4 is 23.2 Å². The molecule has 0 saturated carbocycles. The molecule has 0 atom stereocenters. The Bertz CT molecular complexity index is 1430. The molecule has 164 valence electrons. The van der Waals surface area contributed by atoms with Crippen LogP contribution in [-0.4, -0.2) is 26.9 Å². The Kier molecular flexibility index (Phi) is 6.31. The van der Waals surface area contributed by atoms with Gasteiger partial charge in [-0.05, 0) is 59.3 Å². The number of azide groups is 1. The number of carbonyl (C=O) groups is 2. The number of benzene rings is 3. The molecule has 2 amide bonds. The molecule has 0 radical (unpaired) electrons. The number of nitrogens with one attached hydrogen (secondary N) is 2. The van der Waals surface area contributed by atoms with Gasteiger partial charge in [-0.1, -0.05) is 35.3 Å². The molecule has 0 bridgehead atoms. The third kappa shape index (κ3) is 5.08. The molecular formula is C24H16N8O2. The van der Waals surface area contributed by atoms with Crippen molar-refractivity contribution in [3.8, 4) is 23.6 Å². The number of terminal acetylenes is 1. The van der Waals surface area contributed by atoms with Crippen LogP contribution in [0.15, 0.2) is 84.1 Å². The molecule has 3 aromatic carbocycles. The average Bonchev–Trinajstić information content (AvgIpc) is 3.34. The highest BCUT2D eigenvalue weighted by Crippen LogP contribution is 2.19. The van der Waals surface area contributed by atoms with Crippen molar-refractivity contribution in [1.82, 2.24) is 15.1 Å². The first-order valence-electron chi connectivity index (χ1n) is 9.93. The Labute approximate surface area is 193 Å². The molecule has 4 rings (SSSR count). The van der Waals surface area contributed by atoms with E-state index < -0.39 is 0 Å². The van der Waals surface area contributed by atoms with Gasteiger partial charge in [0.1, 0.15) is 5.69 Å². The quantitative estimate of drug-likeness (QED) is 0.194. The van der Waals surface area contributed by atoms with E-state index in [0.717, 1.165) is 0 Å². The third-order valence-corrected chi connectivity index (χ3v) is 4.75. The second-order valence-electron chi connectivity index (χ2n) is 6.98. The van der Waals surface area contributed by atoms with Gasteiger partial charge in [0.05, 0.1) is 6.20 Å². The molecule has 1 aromatic heterocycles. The fraction of sp³-hybridized carbons (Fsp3) is 0. The number of amides is 2. The summed E-state index contributed by atoms with van der Waals surface area (Å²) in [6, 6.07) is 19.9. The van der Waals surface area contributed by atoms with Gasteiger partial charge < -0.3 is 5.32 Å². The molecular weight excluding hydrogens is 432 g/mol. The summed E-state index contributed by atoms with van der Waals surface area (Å²) >= 11 is 0. The minimum atomic E-state index is -0.362. The maximum atomic E-state index is 12.5. The number of anilines is 1. The molecule has 10 nitrogen and oxygen atoms in total. The maximum absolute atomic E-state index is 12.5. The number of carbonyl (C=O) groups excluding carboxylic acids is 2. The molecule has 1 heterocycles. The topological polar surface area (TPSA) is 138 Å². The largest absolute Gasteiger partial charge is 0.322 e. The van der Waals surface area contributed by atoms with Crippen molar-refractivity contribution in [2.45, 2.75) is 0 Å². The normalized spacial score (nSPS) is 9.97. The van der Waals surface area contributed by atoms with E-state index >= 15 is 0 Å². The van der Waals surface area contributed by atoms with Crippen molar-refractivity contribution in [3.05, 3.63) is 106 Å². The van der Waals surface area contributed by atoms with Crippen molar-refractivity contribution in [2.75, 3.05) is 10.7 Å². The van der Waals surface area contributed by atoms with E-state index in [0.29, 0.717) is 39.3 Å². The Morgan fingerprint density at radius 1 is 0.941 bits per heavy atom. The van der Waals surface area contributed by atoms with E-state index in [4.69, 9.17) is 12.0 Å². The minimum absolute atomic E-state index is 0.296. The fourth-order valence-corrected chi connectivity index (χ4v) is 3.00. The molecule has 0 aliphatic heterocycles. The van der Waals surface area contributed by atoms with E-state index in [9.17, 15) is 9.59 Å². The molecule has 34 heavy (non-hydrogen) atoms. The van der Waals surface area contributed by atoms with Gasteiger partial charge in [0.15, 0.2) is 0 Å². The van der Waals surface area contributed by atoms with Crippen LogP contribution in [0.1, 0.15) is 26.3 Å². The van der Waals surface area contributed by atoms with Gasteiger partial charge in [-0.2, -0.15) is 4.79 Å². The summed E-state index contributed by atoms with van der Waals surface area (Å²) in [5.41, 5.74) is 14.9. The van der Waals surface area contributed by atoms with Gasteiger partial charge in [0, 0.05) is 38.5 Å². The molecule has 4 aromatic rings. The second kappa shape index (κ2) is 9.82. The summed E-state index contributed by atoms with van der Waals surface area (Å²) in [7, 11) is 0. The number of aromatic nitrogens is 3. The molecule has 0 spiro atoms. The monoisotopic (exact) mass is 448 g/mol. The zero-order chi connectivity index (χ0) is 23.9. The molecule has 2 N–H and O–H groups in total. The van der Waals surface area contributed by atoms with Gasteiger partial charge in [-0.15, -0.1) is 11.5 Å². The lowest BCUT2D eigenvalue weighted by molar-refractivity contribution is 0.100. The highest BCUT2D eigenvalue weighted by Gasteiger charge is 2.11. The summed E-state index contributed by atoms with van der Waals surface area (Å²) in [6.07, 6.45) is 6.89. The average molecular weight is 448 g/mol. The van der Waals surface area contributed by atoms with Crippen LogP contribution in [0, 0.1) is 12.3 Å². The summed E-state index contributed by atoms with van der Waals surface area (Å²) in [5.74, 6) is 1.84. The van der Waals surface area contributed by atoms with E-state index in [2.05, 4.69) is 37.0 Å². The van der Waals surface area contributed by atoms with Crippen molar-refractivity contribution in [2.24, 2.45) is 5.11 Å². The van der Waals surface area contributed by atoms with Crippen molar-refractivity contribution in [3.63, 3.8) is 0 Å². The maximum Gasteiger partial charge on any atom is 0.271 e. The van der Waals surface area contributed by atoms with Crippen LogP contribution >= 0.6 is 0 Å². The third-order valence-electron chi connectivity index (χ3n) is 4.75. The van der Waals surface area contributed by atoms with Gasteiger partial charge in [-0.3, -0.25) is 9.59 Å². The number of hydrogen-bond acceptors (Lipinski definition) is 5.